The topological polar surface area (TPSA) is 23.5 Å². The van der Waals surface area contributed by atoms with Gasteiger partial charge < -0.3 is 10.0 Å². The summed E-state index contributed by atoms with van der Waals surface area (Å²) in [6, 6.07) is 15.6. The first-order chi connectivity index (χ1) is 12.9. The van der Waals surface area contributed by atoms with E-state index in [9.17, 15) is 9.50 Å². The molecule has 2 nitrogen and oxygen atoms in total. The second kappa shape index (κ2) is 8.53. The van der Waals surface area contributed by atoms with Gasteiger partial charge >= 0.3 is 0 Å². The number of likely N-dealkylation sites (N-methyl/N-ethyl adjacent to an activating group) is 1. The fourth-order valence-corrected chi connectivity index (χ4v) is 4.61. The molecule has 2 atom stereocenters. The van der Waals surface area contributed by atoms with Gasteiger partial charge in [-0.1, -0.05) is 50.2 Å². The zero-order chi connectivity index (χ0) is 19.4. The molecule has 0 heterocycles. The molecule has 0 spiro atoms. The zero-order valence-corrected chi connectivity index (χ0v) is 16.8. The Hall–Kier alpha value is -1.71. The van der Waals surface area contributed by atoms with Crippen LogP contribution in [0.15, 0.2) is 48.5 Å². The van der Waals surface area contributed by atoms with Crippen molar-refractivity contribution in [3.05, 3.63) is 71.0 Å². The number of hydrogen-bond acceptors (Lipinski definition) is 2. The molecular formula is C24H32FNO. The number of hydrogen-bond donors (Lipinski definition) is 1. The lowest BCUT2D eigenvalue weighted by molar-refractivity contribution is -0.0300. The first-order valence-electron chi connectivity index (χ1n) is 10.1. The quantitative estimate of drug-likeness (QED) is 0.757. The normalized spacial score (nSPS) is 22.3. The molecule has 27 heavy (non-hydrogen) atoms. The summed E-state index contributed by atoms with van der Waals surface area (Å²) in [5, 5.41) is 11.5. The maximum Gasteiger partial charge on any atom is 0.123 e. The molecule has 1 N–H and O–H groups in total. The number of fused-ring (bicyclic) bond motifs is 1. The first kappa shape index (κ1) is 20.0. The number of nitrogens with zero attached hydrogens (tertiary/aromatic N) is 1. The molecule has 2 aromatic rings. The molecule has 3 heteroatoms. The van der Waals surface area contributed by atoms with E-state index in [1.807, 2.05) is 12.1 Å². The SMILES string of the molecule is CC(C)[C@@H]1c2ccc(F)cc2CC[C@@]1(O)CCN(C)CCc1ccccc1. The number of halogens is 1. The minimum Gasteiger partial charge on any atom is -0.389 e. The molecule has 0 saturated carbocycles. The molecule has 0 radical (unpaired) electrons. The van der Waals surface area contributed by atoms with E-state index in [0.717, 1.165) is 43.5 Å². The predicted octanol–water partition coefficient (Wildman–Crippen LogP) is 4.81. The summed E-state index contributed by atoms with van der Waals surface area (Å²) >= 11 is 0. The number of aliphatic hydroxyl groups is 1. The Kier molecular flexibility index (Phi) is 6.33. The van der Waals surface area contributed by atoms with E-state index in [-0.39, 0.29) is 11.7 Å². The molecule has 0 unspecified atom stereocenters. The van der Waals surface area contributed by atoms with Crippen molar-refractivity contribution in [3.8, 4) is 0 Å². The van der Waals surface area contributed by atoms with Gasteiger partial charge in [-0.05, 0) is 67.5 Å². The first-order valence-corrected chi connectivity index (χ1v) is 10.1. The van der Waals surface area contributed by atoms with E-state index in [1.54, 1.807) is 6.07 Å². The molecule has 0 bridgehead atoms. The molecule has 0 aliphatic heterocycles. The van der Waals surface area contributed by atoms with E-state index < -0.39 is 5.60 Å². The van der Waals surface area contributed by atoms with Gasteiger partial charge in [0.15, 0.2) is 0 Å². The fraction of sp³-hybridized carbons (Fsp3) is 0.500. The second-order valence-corrected chi connectivity index (χ2v) is 8.46. The van der Waals surface area contributed by atoms with Crippen LogP contribution >= 0.6 is 0 Å². The van der Waals surface area contributed by atoms with Gasteiger partial charge in [0.2, 0.25) is 0 Å². The predicted molar refractivity (Wildman–Crippen MR) is 110 cm³/mol. The standard InChI is InChI=1S/C24H32FNO/c1-18(2)23-22-10-9-21(25)17-20(22)11-13-24(23,27)14-16-26(3)15-12-19-7-5-4-6-8-19/h4-10,17-18,23,27H,11-16H2,1-3H3/t23-,24-/m1/s1. The Bertz CT molecular complexity index is 745. The highest BCUT2D eigenvalue weighted by molar-refractivity contribution is 5.37. The Labute approximate surface area is 163 Å². The fourth-order valence-electron chi connectivity index (χ4n) is 4.61. The molecule has 1 aliphatic carbocycles. The average Bonchev–Trinajstić information content (AvgIpc) is 2.65. The molecule has 0 aromatic heterocycles. The molecule has 146 valence electrons. The van der Waals surface area contributed by atoms with Crippen LogP contribution < -0.4 is 0 Å². The van der Waals surface area contributed by atoms with Crippen LogP contribution in [0.1, 0.15) is 49.3 Å². The minimum absolute atomic E-state index is 0.0596. The summed E-state index contributed by atoms with van der Waals surface area (Å²) in [5.74, 6) is 0.195. The van der Waals surface area contributed by atoms with E-state index in [4.69, 9.17) is 0 Å². The average molecular weight is 370 g/mol. The van der Waals surface area contributed by atoms with Gasteiger partial charge in [0.25, 0.3) is 0 Å². The van der Waals surface area contributed by atoms with Gasteiger partial charge in [-0.15, -0.1) is 0 Å². The van der Waals surface area contributed by atoms with Crippen LogP contribution in [0.4, 0.5) is 4.39 Å². The van der Waals surface area contributed by atoms with E-state index in [2.05, 4.69) is 50.1 Å². The molecule has 0 saturated heterocycles. The van der Waals surface area contributed by atoms with Crippen LogP contribution in [0.25, 0.3) is 0 Å². The monoisotopic (exact) mass is 369 g/mol. The zero-order valence-electron chi connectivity index (χ0n) is 16.8. The molecular weight excluding hydrogens is 337 g/mol. The summed E-state index contributed by atoms with van der Waals surface area (Å²) in [6.07, 6.45) is 3.23. The number of benzene rings is 2. The van der Waals surface area contributed by atoms with Crippen molar-refractivity contribution in [1.29, 1.82) is 0 Å². The van der Waals surface area contributed by atoms with Crippen molar-refractivity contribution < 1.29 is 9.50 Å². The van der Waals surface area contributed by atoms with Gasteiger partial charge in [-0.2, -0.15) is 0 Å². The van der Waals surface area contributed by atoms with Crippen LogP contribution in [-0.4, -0.2) is 35.7 Å². The van der Waals surface area contributed by atoms with Crippen molar-refractivity contribution >= 4 is 0 Å². The molecule has 0 fully saturated rings. The van der Waals surface area contributed by atoms with Crippen LogP contribution in [-0.2, 0) is 12.8 Å². The Balaban J connectivity index is 1.65. The minimum atomic E-state index is -0.722. The summed E-state index contributed by atoms with van der Waals surface area (Å²) in [6.45, 7) is 6.16. The van der Waals surface area contributed by atoms with Crippen LogP contribution in [0.5, 0.6) is 0 Å². The lowest BCUT2D eigenvalue weighted by Gasteiger charge is -2.44. The van der Waals surface area contributed by atoms with Crippen molar-refractivity contribution in [2.75, 3.05) is 20.1 Å². The third kappa shape index (κ3) is 4.77. The van der Waals surface area contributed by atoms with E-state index >= 15 is 0 Å². The summed E-state index contributed by atoms with van der Waals surface area (Å²) < 4.78 is 13.6. The Morgan fingerprint density at radius 3 is 2.59 bits per heavy atom. The Morgan fingerprint density at radius 1 is 1.15 bits per heavy atom. The highest BCUT2D eigenvalue weighted by Crippen LogP contribution is 2.45. The summed E-state index contributed by atoms with van der Waals surface area (Å²) in [4.78, 5) is 2.31. The maximum absolute atomic E-state index is 13.6. The molecule has 1 aliphatic rings. The van der Waals surface area contributed by atoms with Crippen molar-refractivity contribution in [3.63, 3.8) is 0 Å². The van der Waals surface area contributed by atoms with Crippen LogP contribution in [0, 0.1) is 11.7 Å². The van der Waals surface area contributed by atoms with Crippen LogP contribution in [0.3, 0.4) is 0 Å². The van der Waals surface area contributed by atoms with Gasteiger partial charge in [-0.25, -0.2) is 4.39 Å². The lowest BCUT2D eigenvalue weighted by atomic mass is 9.66. The Morgan fingerprint density at radius 2 is 1.89 bits per heavy atom. The molecule has 3 rings (SSSR count). The second-order valence-electron chi connectivity index (χ2n) is 8.46. The van der Waals surface area contributed by atoms with E-state index in [0.29, 0.717) is 12.3 Å². The van der Waals surface area contributed by atoms with Gasteiger partial charge in [0.05, 0.1) is 5.60 Å². The summed E-state index contributed by atoms with van der Waals surface area (Å²) in [7, 11) is 2.13. The lowest BCUT2D eigenvalue weighted by Crippen LogP contribution is -2.45. The van der Waals surface area contributed by atoms with Crippen molar-refractivity contribution in [2.24, 2.45) is 5.92 Å². The largest absolute Gasteiger partial charge is 0.389 e. The molecule has 0 amide bonds. The highest BCUT2D eigenvalue weighted by atomic mass is 19.1. The maximum atomic E-state index is 13.6. The van der Waals surface area contributed by atoms with E-state index in [1.165, 1.54) is 11.6 Å². The third-order valence-corrected chi connectivity index (χ3v) is 6.06. The van der Waals surface area contributed by atoms with Gasteiger partial charge in [-0.3, -0.25) is 0 Å². The number of aryl methyl sites for hydroxylation is 1. The van der Waals surface area contributed by atoms with Gasteiger partial charge in [0.1, 0.15) is 5.82 Å². The van der Waals surface area contributed by atoms with Crippen molar-refractivity contribution in [2.45, 2.75) is 51.0 Å². The third-order valence-electron chi connectivity index (χ3n) is 6.06. The highest BCUT2D eigenvalue weighted by Gasteiger charge is 2.43. The smallest absolute Gasteiger partial charge is 0.123 e. The van der Waals surface area contributed by atoms with Gasteiger partial charge in [0, 0.05) is 19.0 Å². The van der Waals surface area contributed by atoms with Crippen molar-refractivity contribution in [1.82, 2.24) is 4.90 Å². The summed E-state index contributed by atoms with van der Waals surface area (Å²) in [5.41, 5.74) is 2.82. The van der Waals surface area contributed by atoms with Crippen LogP contribution in [0.2, 0.25) is 0 Å². The molecule has 2 aromatic carbocycles. The number of rotatable bonds is 7.